The summed E-state index contributed by atoms with van der Waals surface area (Å²) >= 11 is 0. The summed E-state index contributed by atoms with van der Waals surface area (Å²) < 4.78 is 22.7. The van der Waals surface area contributed by atoms with Gasteiger partial charge in [-0.05, 0) is 97.4 Å². The van der Waals surface area contributed by atoms with Gasteiger partial charge in [-0.3, -0.25) is 9.59 Å². The van der Waals surface area contributed by atoms with E-state index in [1.807, 2.05) is 36.4 Å². The van der Waals surface area contributed by atoms with Crippen LogP contribution in [0.25, 0.3) is 11.1 Å². The zero-order valence-corrected chi connectivity index (χ0v) is 36.3. The molecule has 0 atom stereocenters. The first kappa shape index (κ1) is 48.0. The van der Waals surface area contributed by atoms with Crippen LogP contribution in [0.5, 0.6) is 0 Å². The van der Waals surface area contributed by atoms with Gasteiger partial charge in [0, 0.05) is 71.0 Å². The summed E-state index contributed by atoms with van der Waals surface area (Å²) in [7, 11) is 0. The predicted molar refractivity (Wildman–Crippen MR) is 222 cm³/mol. The zero-order valence-electron chi connectivity index (χ0n) is 36.3. The molecule has 0 saturated heterocycles. The Morgan fingerprint density at radius 2 is 0.983 bits per heavy atom. The van der Waals surface area contributed by atoms with Crippen LogP contribution in [0.3, 0.4) is 0 Å². The number of hydrogen-bond acceptors (Lipinski definition) is 10. The van der Waals surface area contributed by atoms with Crippen LogP contribution in [0.15, 0.2) is 48.5 Å². The Morgan fingerprint density at radius 1 is 0.576 bits per heavy atom. The number of fused-ring (bicyclic) bond motifs is 3. The van der Waals surface area contributed by atoms with Crippen molar-refractivity contribution in [2.24, 2.45) is 0 Å². The minimum Gasteiger partial charge on any atom is -0.481 e. The summed E-state index contributed by atoms with van der Waals surface area (Å²) in [4.78, 5) is 80.6. The summed E-state index contributed by atoms with van der Waals surface area (Å²) in [5.41, 5.74) is 1.91. The second kappa shape index (κ2) is 21.6. The number of carboxylic acid groups (broad SMARTS) is 1. The number of hydrogen-bond donors (Lipinski definition) is 2. The van der Waals surface area contributed by atoms with Gasteiger partial charge in [0.05, 0.1) is 0 Å². The molecule has 326 valence electrons. The van der Waals surface area contributed by atoms with E-state index in [4.69, 9.17) is 24.1 Å². The van der Waals surface area contributed by atoms with Crippen molar-refractivity contribution in [3.05, 3.63) is 59.7 Å². The third kappa shape index (κ3) is 17.2. The van der Waals surface area contributed by atoms with Crippen molar-refractivity contribution in [3.63, 3.8) is 0 Å². The number of alkyl carbamates (subject to hydrolysis) is 1. The first-order chi connectivity index (χ1) is 27.5. The number of rotatable bonds is 19. The minimum atomic E-state index is -0.970. The summed E-state index contributed by atoms with van der Waals surface area (Å²) in [5, 5.41) is 11.6. The van der Waals surface area contributed by atoms with E-state index in [1.165, 1.54) is 14.7 Å². The first-order valence-electron chi connectivity index (χ1n) is 20.3. The number of benzene rings is 2. The number of aliphatic carboxylic acids is 1. The molecule has 2 aromatic rings. The van der Waals surface area contributed by atoms with E-state index >= 15 is 0 Å². The molecule has 59 heavy (non-hydrogen) atoms. The molecule has 1 aliphatic rings. The molecule has 0 fully saturated rings. The number of amides is 4. The quantitative estimate of drug-likeness (QED) is 0.132. The Balaban J connectivity index is 1.68. The molecular formula is C44H64N4O11. The molecule has 0 bridgehead atoms. The summed E-state index contributed by atoms with van der Waals surface area (Å²) in [6, 6.07) is 16.1. The molecule has 0 saturated carbocycles. The van der Waals surface area contributed by atoms with Crippen molar-refractivity contribution in [2.45, 2.75) is 117 Å². The molecule has 15 nitrogen and oxygen atoms in total. The van der Waals surface area contributed by atoms with Gasteiger partial charge < -0.3 is 44.1 Å². The molecule has 15 heteroatoms. The molecule has 0 aliphatic heterocycles. The van der Waals surface area contributed by atoms with Gasteiger partial charge in [-0.15, -0.1) is 0 Å². The van der Waals surface area contributed by atoms with E-state index in [-0.39, 0.29) is 89.8 Å². The number of ketones is 1. The van der Waals surface area contributed by atoms with E-state index < -0.39 is 47.1 Å². The molecule has 2 aromatic carbocycles. The van der Waals surface area contributed by atoms with Crippen LogP contribution in [0, 0.1) is 0 Å². The highest BCUT2D eigenvalue weighted by Gasteiger charge is 2.31. The lowest BCUT2D eigenvalue weighted by atomic mass is 9.98. The maximum Gasteiger partial charge on any atom is 0.410 e. The smallest absolute Gasteiger partial charge is 0.410 e. The number of Topliss-reactive ketones (excluding diaryl/α,β-unsaturated/α-hetero) is 1. The average molecular weight is 825 g/mol. The monoisotopic (exact) mass is 824 g/mol. The minimum absolute atomic E-state index is 0.000866. The van der Waals surface area contributed by atoms with Crippen molar-refractivity contribution < 1.29 is 52.8 Å². The molecule has 0 unspecified atom stereocenters. The Morgan fingerprint density at radius 3 is 1.42 bits per heavy atom. The second-order valence-corrected chi connectivity index (χ2v) is 17.5. The fourth-order valence-corrected chi connectivity index (χ4v) is 6.32. The summed E-state index contributed by atoms with van der Waals surface area (Å²) in [6.45, 7) is 15.9. The molecule has 0 radical (unpaired) electrons. The maximum absolute atomic E-state index is 13.5. The third-order valence-corrected chi connectivity index (χ3v) is 8.96. The Labute approximate surface area is 348 Å². The fraction of sp³-hybridized carbons (Fsp3) is 0.591. The number of carbonyl (C=O) groups is 6. The van der Waals surface area contributed by atoms with Crippen LogP contribution < -0.4 is 5.32 Å². The van der Waals surface area contributed by atoms with Gasteiger partial charge in [0.1, 0.15) is 29.2 Å². The number of carboxylic acids is 1. The highest BCUT2D eigenvalue weighted by Crippen LogP contribution is 2.44. The fourth-order valence-electron chi connectivity index (χ4n) is 6.32. The van der Waals surface area contributed by atoms with Crippen molar-refractivity contribution in [3.8, 4) is 11.1 Å². The van der Waals surface area contributed by atoms with Gasteiger partial charge in [-0.25, -0.2) is 19.2 Å². The molecule has 0 aromatic heterocycles. The van der Waals surface area contributed by atoms with Gasteiger partial charge in [0.2, 0.25) is 0 Å². The summed E-state index contributed by atoms with van der Waals surface area (Å²) in [6.07, 6.45) is -1.89. The van der Waals surface area contributed by atoms with Crippen molar-refractivity contribution >= 4 is 36.1 Å². The van der Waals surface area contributed by atoms with Gasteiger partial charge in [0.15, 0.2) is 0 Å². The molecule has 1 aliphatic carbocycles. The number of carbonyl (C=O) groups excluding carboxylic acids is 5. The second-order valence-electron chi connectivity index (χ2n) is 17.5. The highest BCUT2D eigenvalue weighted by molar-refractivity contribution is 5.80. The lowest BCUT2D eigenvalue weighted by Gasteiger charge is -2.33. The van der Waals surface area contributed by atoms with E-state index in [9.17, 15) is 28.8 Å². The van der Waals surface area contributed by atoms with Gasteiger partial charge in [-0.1, -0.05) is 48.5 Å². The van der Waals surface area contributed by atoms with Crippen molar-refractivity contribution in [1.29, 1.82) is 0 Å². The van der Waals surface area contributed by atoms with Crippen LogP contribution in [0.2, 0.25) is 0 Å². The van der Waals surface area contributed by atoms with Gasteiger partial charge >= 0.3 is 30.3 Å². The van der Waals surface area contributed by atoms with Crippen LogP contribution in [-0.4, -0.2) is 125 Å². The zero-order chi connectivity index (χ0) is 44.0. The lowest BCUT2D eigenvalue weighted by Crippen LogP contribution is -2.49. The molecule has 4 amide bonds. The molecule has 3 rings (SSSR count). The van der Waals surface area contributed by atoms with Crippen LogP contribution in [-0.2, 0) is 28.5 Å². The molecule has 0 heterocycles. The van der Waals surface area contributed by atoms with Crippen molar-refractivity contribution in [1.82, 2.24) is 20.0 Å². The average Bonchev–Trinajstić information content (AvgIpc) is 3.43. The van der Waals surface area contributed by atoms with E-state index in [0.717, 1.165) is 22.3 Å². The lowest BCUT2D eigenvalue weighted by molar-refractivity contribution is -0.137. The Kier molecular flexibility index (Phi) is 17.6. The SMILES string of the molecule is CC(C)(C)OC(=O)N(CCCC(=O)CCCC(=O)O)CCN(CCN(CCNC(=O)OCC1c2ccccc2-c2ccccc21)C(=O)OC(C)(C)C)C(=O)OC(C)(C)C. The molecule has 0 spiro atoms. The topological polar surface area (TPSA) is 181 Å². The van der Waals surface area contributed by atoms with Crippen LogP contribution >= 0.6 is 0 Å². The maximum atomic E-state index is 13.5. The van der Waals surface area contributed by atoms with E-state index in [2.05, 4.69) is 17.4 Å². The number of nitrogens with zero attached hydrogens (tertiary/aromatic N) is 3. The largest absolute Gasteiger partial charge is 0.481 e. The van der Waals surface area contributed by atoms with Gasteiger partial charge in [0.25, 0.3) is 0 Å². The Bertz CT molecular complexity index is 1710. The highest BCUT2D eigenvalue weighted by atomic mass is 16.6. The molecular weight excluding hydrogens is 761 g/mol. The van der Waals surface area contributed by atoms with E-state index in [1.54, 1.807) is 62.3 Å². The number of ether oxygens (including phenoxy) is 4. The van der Waals surface area contributed by atoms with Gasteiger partial charge in [-0.2, -0.15) is 0 Å². The normalized spacial score (nSPS) is 12.4. The number of nitrogens with one attached hydrogen (secondary N) is 1. The van der Waals surface area contributed by atoms with E-state index in [0.29, 0.717) is 6.42 Å². The Hall–Kier alpha value is -5.34. The van der Waals surface area contributed by atoms with Crippen LogP contribution in [0.1, 0.15) is 111 Å². The first-order valence-corrected chi connectivity index (χ1v) is 20.3. The van der Waals surface area contributed by atoms with Crippen molar-refractivity contribution in [2.75, 3.05) is 52.4 Å². The van der Waals surface area contributed by atoms with Crippen LogP contribution in [0.4, 0.5) is 19.2 Å². The predicted octanol–water partition coefficient (Wildman–Crippen LogP) is 7.84. The third-order valence-electron chi connectivity index (χ3n) is 8.96. The molecule has 2 N–H and O–H groups in total. The summed E-state index contributed by atoms with van der Waals surface area (Å²) in [5.74, 6) is -1.20. The standard InChI is InChI=1S/C44H64N4O11/c1-42(2,3)57-39(53)46(24-15-17-31(49)16-14-22-37(50)51)26-28-48(41(55)59-44(7,8)9)29-27-47(40(54)58-43(4,5)6)25-23-45-38(52)56-30-36-34-20-12-10-18-32(34)33-19-11-13-21-35(33)36/h10-13,18-21,36H,14-17,22-30H2,1-9H3,(H,45,52)(H,50,51).